The maximum absolute atomic E-state index is 12.9. The summed E-state index contributed by atoms with van der Waals surface area (Å²) in [6.07, 6.45) is 3.39. The van der Waals surface area contributed by atoms with E-state index in [0.29, 0.717) is 37.4 Å². The van der Waals surface area contributed by atoms with Gasteiger partial charge < -0.3 is 5.32 Å². The molecule has 32 heavy (non-hydrogen) atoms. The average molecular weight is 478 g/mol. The summed E-state index contributed by atoms with van der Waals surface area (Å²) in [5, 5.41) is 2.74. The Bertz CT molecular complexity index is 1210. The number of rotatable bonds is 6. The third kappa shape index (κ3) is 4.45. The molecular weight excluding hydrogens is 450 g/mol. The van der Waals surface area contributed by atoms with E-state index in [1.807, 2.05) is 0 Å². The summed E-state index contributed by atoms with van der Waals surface area (Å²) < 4.78 is 53.9. The maximum Gasteiger partial charge on any atom is 0.255 e. The highest BCUT2D eigenvalue weighted by Gasteiger charge is 2.29. The SMILES string of the molecule is Cc1ccc(S(=O)(=O)N2CCCC2)cc1C(=O)Nc1ccc(S(=O)(=O)N2CCCC2)cc1. The van der Waals surface area contributed by atoms with Gasteiger partial charge in [0.15, 0.2) is 0 Å². The van der Waals surface area contributed by atoms with E-state index in [1.165, 1.54) is 32.9 Å². The van der Waals surface area contributed by atoms with Gasteiger partial charge >= 0.3 is 0 Å². The van der Waals surface area contributed by atoms with Crippen LogP contribution in [0.25, 0.3) is 0 Å². The lowest BCUT2D eigenvalue weighted by atomic mass is 10.1. The number of anilines is 1. The first kappa shape index (κ1) is 22.9. The predicted octanol–water partition coefficient (Wildman–Crippen LogP) is 2.82. The fourth-order valence-electron chi connectivity index (χ4n) is 4.07. The number of nitrogens with zero attached hydrogens (tertiary/aromatic N) is 2. The molecule has 2 aromatic carbocycles. The third-order valence-corrected chi connectivity index (χ3v) is 9.78. The van der Waals surface area contributed by atoms with Gasteiger partial charge in [-0.15, -0.1) is 0 Å². The molecule has 0 radical (unpaired) electrons. The Balaban J connectivity index is 1.53. The molecule has 0 atom stereocenters. The molecule has 2 aliphatic rings. The van der Waals surface area contributed by atoms with Crippen molar-refractivity contribution in [2.45, 2.75) is 42.4 Å². The molecule has 2 saturated heterocycles. The van der Waals surface area contributed by atoms with Crippen LogP contribution in [0.5, 0.6) is 0 Å². The van der Waals surface area contributed by atoms with Crippen LogP contribution in [0.3, 0.4) is 0 Å². The Morgan fingerprint density at radius 2 is 1.22 bits per heavy atom. The van der Waals surface area contributed by atoms with Crippen LogP contribution < -0.4 is 5.32 Å². The lowest BCUT2D eigenvalue weighted by Crippen LogP contribution is -2.28. The van der Waals surface area contributed by atoms with Crippen LogP contribution in [-0.2, 0) is 20.0 Å². The molecule has 1 amide bonds. The standard InChI is InChI=1S/C22H27N3O5S2/c1-17-6-9-20(32(29,30)25-14-4-5-15-25)16-21(17)22(26)23-18-7-10-19(11-8-18)31(27,28)24-12-2-3-13-24/h6-11,16H,2-5,12-15H2,1H3,(H,23,26). The highest BCUT2D eigenvalue weighted by molar-refractivity contribution is 7.89. The molecule has 2 fully saturated rings. The van der Waals surface area contributed by atoms with Crippen molar-refractivity contribution in [1.82, 2.24) is 8.61 Å². The molecule has 4 rings (SSSR count). The van der Waals surface area contributed by atoms with Gasteiger partial charge in [0.1, 0.15) is 0 Å². The highest BCUT2D eigenvalue weighted by Crippen LogP contribution is 2.25. The van der Waals surface area contributed by atoms with Crippen LogP contribution in [0.15, 0.2) is 52.3 Å². The summed E-state index contributed by atoms with van der Waals surface area (Å²) in [5.74, 6) is -0.448. The molecule has 2 aliphatic heterocycles. The highest BCUT2D eigenvalue weighted by atomic mass is 32.2. The van der Waals surface area contributed by atoms with E-state index >= 15 is 0 Å². The van der Waals surface area contributed by atoms with Crippen LogP contribution >= 0.6 is 0 Å². The van der Waals surface area contributed by atoms with Crippen molar-refractivity contribution >= 4 is 31.6 Å². The molecule has 0 saturated carbocycles. The lowest BCUT2D eigenvalue weighted by molar-refractivity contribution is 0.102. The van der Waals surface area contributed by atoms with Crippen LogP contribution in [0.2, 0.25) is 0 Å². The van der Waals surface area contributed by atoms with E-state index < -0.39 is 26.0 Å². The maximum atomic E-state index is 12.9. The van der Waals surface area contributed by atoms with Crippen molar-refractivity contribution in [1.29, 1.82) is 0 Å². The molecular formula is C22H27N3O5S2. The smallest absolute Gasteiger partial charge is 0.255 e. The predicted molar refractivity (Wildman–Crippen MR) is 122 cm³/mol. The zero-order valence-corrected chi connectivity index (χ0v) is 19.6. The first-order chi connectivity index (χ1) is 15.2. The first-order valence-corrected chi connectivity index (χ1v) is 13.6. The molecule has 10 heteroatoms. The number of carbonyl (C=O) groups is 1. The van der Waals surface area contributed by atoms with Crippen molar-refractivity contribution < 1.29 is 21.6 Å². The summed E-state index contributed by atoms with van der Waals surface area (Å²) in [6.45, 7) is 3.77. The molecule has 8 nitrogen and oxygen atoms in total. The number of hydrogen-bond acceptors (Lipinski definition) is 5. The van der Waals surface area contributed by atoms with Crippen LogP contribution in [-0.4, -0.2) is 57.5 Å². The number of aryl methyl sites for hydroxylation is 1. The number of hydrogen-bond donors (Lipinski definition) is 1. The molecule has 0 bridgehead atoms. The Hall–Kier alpha value is -2.27. The number of nitrogens with one attached hydrogen (secondary N) is 1. The van der Waals surface area contributed by atoms with Crippen LogP contribution in [0.4, 0.5) is 5.69 Å². The van der Waals surface area contributed by atoms with Gasteiger partial charge in [-0.3, -0.25) is 4.79 Å². The van der Waals surface area contributed by atoms with Crippen molar-refractivity contribution in [3.05, 3.63) is 53.6 Å². The summed E-state index contributed by atoms with van der Waals surface area (Å²) in [7, 11) is -7.16. The summed E-state index contributed by atoms with van der Waals surface area (Å²) in [5.41, 5.74) is 1.35. The van der Waals surface area contributed by atoms with E-state index in [4.69, 9.17) is 0 Å². The zero-order valence-electron chi connectivity index (χ0n) is 18.0. The molecule has 0 unspecified atom stereocenters. The Morgan fingerprint density at radius 3 is 1.75 bits per heavy atom. The summed E-state index contributed by atoms with van der Waals surface area (Å²) in [4.78, 5) is 13.2. The van der Waals surface area contributed by atoms with Gasteiger partial charge in [-0.2, -0.15) is 8.61 Å². The summed E-state index contributed by atoms with van der Waals surface area (Å²) in [6, 6.07) is 10.6. The number of amides is 1. The van der Waals surface area contributed by atoms with Crippen molar-refractivity contribution in [3.63, 3.8) is 0 Å². The van der Waals surface area contributed by atoms with Gasteiger partial charge in [-0.25, -0.2) is 16.8 Å². The van der Waals surface area contributed by atoms with E-state index in [-0.39, 0.29) is 15.4 Å². The molecule has 0 spiro atoms. The largest absolute Gasteiger partial charge is 0.322 e. The van der Waals surface area contributed by atoms with Crippen molar-refractivity contribution in [2.75, 3.05) is 31.5 Å². The Morgan fingerprint density at radius 1 is 0.750 bits per heavy atom. The number of benzene rings is 2. The topological polar surface area (TPSA) is 104 Å². The monoisotopic (exact) mass is 477 g/mol. The van der Waals surface area contributed by atoms with Crippen molar-refractivity contribution in [3.8, 4) is 0 Å². The third-order valence-electron chi connectivity index (χ3n) is 5.97. The van der Waals surface area contributed by atoms with E-state index in [0.717, 1.165) is 25.7 Å². The minimum absolute atomic E-state index is 0.0993. The van der Waals surface area contributed by atoms with E-state index in [2.05, 4.69) is 5.32 Å². The summed E-state index contributed by atoms with van der Waals surface area (Å²) >= 11 is 0. The second kappa shape index (κ2) is 8.93. The number of carbonyl (C=O) groups excluding carboxylic acids is 1. The second-order valence-corrected chi connectivity index (χ2v) is 12.1. The normalized spacial score (nSPS) is 18.2. The van der Waals surface area contributed by atoms with Crippen LogP contribution in [0.1, 0.15) is 41.6 Å². The van der Waals surface area contributed by atoms with Gasteiger partial charge in [0.25, 0.3) is 5.91 Å². The van der Waals surface area contributed by atoms with E-state index in [1.54, 1.807) is 25.1 Å². The van der Waals surface area contributed by atoms with Gasteiger partial charge in [0.2, 0.25) is 20.0 Å². The second-order valence-electron chi connectivity index (χ2n) is 8.18. The number of sulfonamides is 2. The quantitative estimate of drug-likeness (QED) is 0.689. The Labute approximate surface area is 189 Å². The fourth-order valence-corrected chi connectivity index (χ4v) is 7.13. The first-order valence-electron chi connectivity index (χ1n) is 10.7. The molecule has 0 aromatic heterocycles. The molecule has 2 aromatic rings. The zero-order chi connectivity index (χ0) is 22.9. The molecule has 0 aliphatic carbocycles. The average Bonchev–Trinajstić information content (AvgIpc) is 3.49. The minimum Gasteiger partial charge on any atom is -0.322 e. The van der Waals surface area contributed by atoms with Gasteiger partial charge in [0.05, 0.1) is 9.79 Å². The molecule has 1 N–H and O–H groups in total. The van der Waals surface area contributed by atoms with Crippen LogP contribution in [0, 0.1) is 6.92 Å². The van der Waals surface area contributed by atoms with Gasteiger partial charge in [-0.05, 0) is 74.6 Å². The molecule has 172 valence electrons. The lowest BCUT2D eigenvalue weighted by Gasteiger charge is -2.17. The Kier molecular flexibility index (Phi) is 6.39. The molecule has 2 heterocycles. The fraction of sp³-hybridized carbons (Fsp3) is 0.409. The van der Waals surface area contributed by atoms with Gasteiger partial charge in [0, 0.05) is 37.4 Å². The van der Waals surface area contributed by atoms with E-state index in [9.17, 15) is 21.6 Å². The minimum atomic E-state index is -3.63. The van der Waals surface area contributed by atoms with Gasteiger partial charge in [-0.1, -0.05) is 6.07 Å². The van der Waals surface area contributed by atoms with Crippen molar-refractivity contribution in [2.24, 2.45) is 0 Å².